The number of thioether (sulfide) groups is 1. The zero-order valence-electron chi connectivity index (χ0n) is 11.5. The van der Waals surface area contributed by atoms with Gasteiger partial charge in [0.25, 0.3) is 0 Å². The van der Waals surface area contributed by atoms with Crippen LogP contribution in [0.3, 0.4) is 0 Å². The minimum Gasteiger partial charge on any atom is -0.468 e. The summed E-state index contributed by atoms with van der Waals surface area (Å²) in [5.41, 5.74) is 0. The van der Waals surface area contributed by atoms with Gasteiger partial charge in [0.2, 0.25) is 0 Å². The van der Waals surface area contributed by atoms with Gasteiger partial charge in [0, 0.05) is 29.0 Å². The summed E-state index contributed by atoms with van der Waals surface area (Å²) in [5.74, 6) is 0.663. The molecular formula is C14H21NO3S. The lowest BCUT2D eigenvalue weighted by atomic mass is 9.89. The van der Waals surface area contributed by atoms with Gasteiger partial charge in [-0.2, -0.15) is 0 Å². The van der Waals surface area contributed by atoms with E-state index in [0.717, 1.165) is 38.2 Å². The van der Waals surface area contributed by atoms with Crippen LogP contribution in [0.25, 0.3) is 0 Å². The predicted molar refractivity (Wildman–Crippen MR) is 74.4 cm³/mol. The van der Waals surface area contributed by atoms with Gasteiger partial charge in [0.1, 0.15) is 5.76 Å². The zero-order valence-corrected chi connectivity index (χ0v) is 12.3. The first kappa shape index (κ1) is 13.5. The SMILES string of the molecule is CNC1CCC2(CC1Sc1ccoc1C)OCCO2. The van der Waals surface area contributed by atoms with Crippen molar-refractivity contribution < 1.29 is 13.9 Å². The summed E-state index contributed by atoms with van der Waals surface area (Å²) in [4.78, 5) is 1.22. The molecular weight excluding hydrogens is 262 g/mol. The first-order chi connectivity index (χ1) is 9.22. The molecule has 0 bridgehead atoms. The molecule has 106 valence electrons. The number of ether oxygens (including phenoxy) is 2. The number of rotatable bonds is 3. The quantitative estimate of drug-likeness (QED) is 0.923. The van der Waals surface area contributed by atoms with Gasteiger partial charge < -0.3 is 19.2 Å². The molecule has 1 spiro atoms. The topological polar surface area (TPSA) is 43.6 Å². The van der Waals surface area contributed by atoms with Gasteiger partial charge in [-0.15, -0.1) is 11.8 Å². The molecule has 5 heteroatoms. The molecule has 0 amide bonds. The highest BCUT2D eigenvalue weighted by Crippen LogP contribution is 2.43. The van der Waals surface area contributed by atoms with Crippen molar-refractivity contribution in [2.24, 2.45) is 0 Å². The normalized spacial score (nSPS) is 30.0. The summed E-state index contributed by atoms with van der Waals surface area (Å²) in [6.07, 6.45) is 4.77. The molecule has 2 atom stereocenters. The van der Waals surface area contributed by atoms with Crippen molar-refractivity contribution in [3.05, 3.63) is 18.1 Å². The molecule has 2 aliphatic rings. The highest BCUT2D eigenvalue weighted by Gasteiger charge is 2.45. The van der Waals surface area contributed by atoms with E-state index in [1.165, 1.54) is 4.90 Å². The van der Waals surface area contributed by atoms with E-state index >= 15 is 0 Å². The largest absolute Gasteiger partial charge is 0.468 e. The number of hydrogen-bond acceptors (Lipinski definition) is 5. The molecule has 0 aromatic carbocycles. The van der Waals surface area contributed by atoms with Crippen molar-refractivity contribution in [1.82, 2.24) is 5.32 Å². The van der Waals surface area contributed by atoms with Gasteiger partial charge in [-0.3, -0.25) is 0 Å². The molecule has 4 nitrogen and oxygen atoms in total. The molecule has 1 aliphatic carbocycles. The second kappa shape index (κ2) is 5.48. The third kappa shape index (κ3) is 2.70. The maximum absolute atomic E-state index is 5.87. The molecule has 1 aromatic heterocycles. The van der Waals surface area contributed by atoms with Gasteiger partial charge in [-0.25, -0.2) is 0 Å². The monoisotopic (exact) mass is 283 g/mol. The summed E-state index contributed by atoms with van der Waals surface area (Å²) < 4.78 is 17.1. The highest BCUT2D eigenvalue weighted by atomic mass is 32.2. The lowest BCUT2D eigenvalue weighted by Crippen LogP contribution is -2.48. The molecule has 1 saturated carbocycles. The molecule has 1 aliphatic heterocycles. The number of aryl methyl sites for hydroxylation is 1. The lowest BCUT2D eigenvalue weighted by Gasteiger charge is -2.40. The van der Waals surface area contributed by atoms with E-state index in [1.54, 1.807) is 6.26 Å². The minimum absolute atomic E-state index is 0.331. The lowest BCUT2D eigenvalue weighted by molar-refractivity contribution is -0.177. The van der Waals surface area contributed by atoms with E-state index < -0.39 is 0 Å². The molecule has 3 rings (SSSR count). The Hall–Kier alpha value is -0.490. The zero-order chi connectivity index (χ0) is 13.3. The summed E-state index contributed by atoms with van der Waals surface area (Å²) >= 11 is 1.88. The van der Waals surface area contributed by atoms with Gasteiger partial charge in [-0.1, -0.05) is 0 Å². The van der Waals surface area contributed by atoms with Crippen molar-refractivity contribution in [2.45, 2.75) is 48.2 Å². The molecule has 1 aromatic rings. The molecule has 2 fully saturated rings. The molecule has 1 saturated heterocycles. The Morgan fingerprint density at radius 3 is 2.79 bits per heavy atom. The Bertz CT molecular complexity index is 428. The first-order valence-corrected chi connectivity index (χ1v) is 7.76. The van der Waals surface area contributed by atoms with Crippen LogP contribution in [0.15, 0.2) is 21.6 Å². The fraction of sp³-hybridized carbons (Fsp3) is 0.714. The molecule has 0 radical (unpaired) electrons. The van der Waals surface area contributed by atoms with Crippen LogP contribution in [-0.4, -0.2) is 37.3 Å². The van der Waals surface area contributed by atoms with Crippen LogP contribution in [0.2, 0.25) is 0 Å². The number of nitrogens with one attached hydrogen (secondary N) is 1. The average molecular weight is 283 g/mol. The Morgan fingerprint density at radius 1 is 1.37 bits per heavy atom. The van der Waals surface area contributed by atoms with E-state index in [4.69, 9.17) is 13.9 Å². The van der Waals surface area contributed by atoms with Crippen LogP contribution in [0, 0.1) is 6.92 Å². The van der Waals surface area contributed by atoms with Crippen molar-refractivity contribution in [3.8, 4) is 0 Å². The second-order valence-corrected chi connectivity index (χ2v) is 6.52. The van der Waals surface area contributed by atoms with E-state index in [9.17, 15) is 0 Å². The molecule has 19 heavy (non-hydrogen) atoms. The average Bonchev–Trinajstić information content (AvgIpc) is 3.01. The Kier molecular flexibility index (Phi) is 3.89. The summed E-state index contributed by atoms with van der Waals surface area (Å²) in [7, 11) is 2.04. The first-order valence-electron chi connectivity index (χ1n) is 6.88. The van der Waals surface area contributed by atoms with Crippen molar-refractivity contribution in [2.75, 3.05) is 20.3 Å². The highest BCUT2D eigenvalue weighted by molar-refractivity contribution is 8.00. The number of furan rings is 1. The maximum Gasteiger partial charge on any atom is 0.169 e. The Morgan fingerprint density at radius 2 is 2.16 bits per heavy atom. The predicted octanol–water partition coefficient (Wildman–Crippen LogP) is 2.56. The fourth-order valence-corrected chi connectivity index (χ4v) is 4.43. The Balaban J connectivity index is 1.74. The van der Waals surface area contributed by atoms with Crippen LogP contribution in [0.4, 0.5) is 0 Å². The van der Waals surface area contributed by atoms with Gasteiger partial charge in [-0.05, 0) is 26.5 Å². The van der Waals surface area contributed by atoms with E-state index in [0.29, 0.717) is 11.3 Å². The second-order valence-electron chi connectivity index (χ2n) is 5.24. The van der Waals surface area contributed by atoms with Gasteiger partial charge >= 0.3 is 0 Å². The summed E-state index contributed by atoms with van der Waals surface area (Å²) in [5, 5.41) is 3.88. The van der Waals surface area contributed by atoms with E-state index in [1.807, 2.05) is 31.8 Å². The third-order valence-corrected chi connectivity index (χ3v) is 5.55. The van der Waals surface area contributed by atoms with Crippen molar-refractivity contribution in [1.29, 1.82) is 0 Å². The molecule has 1 N–H and O–H groups in total. The van der Waals surface area contributed by atoms with Crippen molar-refractivity contribution >= 4 is 11.8 Å². The third-order valence-electron chi connectivity index (χ3n) is 4.07. The van der Waals surface area contributed by atoms with Crippen LogP contribution in [0.5, 0.6) is 0 Å². The van der Waals surface area contributed by atoms with Gasteiger partial charge in [0.15, 0.2) is 5.79 Å². The van der Waals surface area contributed by atoms with Gasteiger partial charge in [0.05, 0.1) is 19.5 Å². The maximum atomic E-state index is 5.87. The van der Waals surface area contributed by atoms with Crippen LogP contribution in [0.1, 0.15) is 25.0 Å². The minimum atomic E-state index is -0.331. The van der Waals surface area contributed by atoms with Crippen LogP contribution in [-0.2, 0) is 9.47 Å². The summed E-state index contributed by atoms with van der Waals surface area (Å²) in [6.45, 7) is 3.47. The van der Waals surface area contributed by atoms with Crippen LogP contribution < -0.4 is 5.32 Å². The smallest absolute Gasteiger partial charge is 0.169 e. The standard InChI is InChI=1S/C14H21NO3S/c1-10-12(4-6-16-10)19-13-9-14(17-7-8-18-14)5-3-11(13)15-2/h4,6,11,13,15H,3,5,7-9H2,1-2H3. The van der Waals surface area contributed by atoms with E-state index in [2.05, 4.69) is 5.32 Å². The summed E-state index contributed by atoms with van der Waals surface area (Å²) in [6, 6.07) is 2.54. The van der Waals surface area contributed by atoms with E-state index in [-0.39, 0.29) is 5.79 Å². The molecule has 2 heterocycles. The fourth-order valence-electron chi connectivity index (χ4n) is 2.98. The Labute approximate surface area is 118 Å². The molecule has 2 unspecified atom stereocenters. The number of hydrogen-bond donors (Lipinski definition) is 1. The van der Waals surface area contributed by atoms with Crippen LogP contribution >= 0.6 is 11.8 Å². The van der Waals surface area contributed by atoms with Crippen molar-refractivity contribution in [3.63, 3.8) is 0 Å².